The maximum absolute atomic E-state index is 13.4. The van der Waals surface area contributed by atoms with Crippen LogP contribution in [0.15, 0.2) is 72.6 Å². The fraction of sp³-hybridized carbons (Fsp3) is 0.276. The third-order valence-corrected chi connectivity index (χ3v) is 6.65. The highest BCUT2D eigenvalue weighted by molar-refractivity contribution is 6.51. The Hall–Kier alpha value is -3.93. The Bertz CT molecular complexity index is 1340. The van der Waals surface area contributed by atoms with Crippen molar-refractivity contribution in [3.63, 3.8) is 0 Å². The third-order valence-electron chi connectivity index (χ3n) is 6.65. The number of nitrogens with zero attached hydrogens (tertiary/aromatic N) is 2. The summed E-state index contributed by atoms with van der Waals surface area (Å²) >= 11 is 0. The Kier molecular flexibility index (Phi) is 5.47. The summed E-state index contributed by atoms with van der Waals surface area (Å²) in [6.45, 7) is 8.34. The third kappa shape index (κ3) is 3.99. The molecular formula is C29H28N2O4. The molecule has 0 spiro atoms. The van der Waals surface area contributed by atoms with Gasteiger partial charge in [0.25, 0.3) is 11.7 Å². The standard InChI is InChI=1S/C29H28N2O4/c1-17-15-20-16-19(5-10-23(20)35-17)26(32)24-25(18-11-13-30-14-12-18)31(28(34)27(24)33)22-8-6-21(7-9-22)29(2,3)4/h5-14,16-17,25,32H,15H2,1-4H3/b26-24-. The maximum Gasteiger partial charge on any atom is 0.300 e. The van der Waals surface area contributed by atoms with Crippen molar-refractivity contribution < 1.29 is 19.4 Å². The zero-order valence-corrected chi connectivity index (χ0v) is 20.3. The van der Waals surface area contributed by atoms with E-state index in [1.165, 1.54) is 4.90 Å². The average Bonchev–Trinajstić information content (AvgIpc) is 3.34. The van der Waals surface area contributed by atoms with Crippen LogP contribution in [0.2, 0.25) is 0 Å². The minimum atomic E-state index is -0.776. The van der Waals surface area contributed by atoms with Crippen LogP contribution >= 0.6 is 0 Å². The SMILES string of the molecule is CC1Cc2cc(/C(O)=C3/C(=O)C(=O)N(c4ccc(C(C)(C)C)cc4)C3c3ccncc3)ccc2O1. The van der Waals surface area contributed by atoms with Gasteiger partial charge >= 0.3 is 0 Å². The lowest BCUT2D eigenvalue weighted by Gasteiger charge is -2.26. The molecule has 35 heavy (non-hydrogen) atoms. The number of anilines is 1. The number of aliphatic hydroxyl groups excluding tert-OH is 1. The molecule has 1 aromatic heterocycles. The van der Waals surface area contributed by atoms with Crippen molar-refractivity contribution in [3.8, 4) is 5.75 Å². The summed E-state index contributed by atoms with van der Waals surface area (Å²) < 4.78 is 5.77. The van der Waals surface area contributed by atoms with Crippen LogP contribution in [-0.2, 0) is 21.4 Å². The molecule has 1 saturated heterocycles. The predicted molar refractivity (Wildman–Crippen MR) is 134 cm³/mol. The number of ketones is 1. The largest absolute Gasteiger partial charge is 0.507 e. The number of benzene rings is 2. The van der Waals surface area contributed by atoms with Gasteiger partial charge in [-0.3, -0.25) is 19.5 Å². The lowest BCUT2D eigenvalue weighted by atomic mass is 9.87. The second-order valence-corrected chi connectivity index (χ2v) is 10.2. The number of pyridine rings is 1. The molecule has 3 heterocycles. The van der Waals surface area contributed by atoms with Crippen molar-refractivity contribution in [3.05, 3.63) is 94.8 Å². The molecule has 1 amide bonds. The van der Waals surface area contributed by atoms with Crippen LogP contribution in [0.25, 0.3) is 5.76 Å². The number of ether oxygens (including phenoxy) is 1. The highest BCUT2D eigenvalue weighted by Crippen LogP contribution is 2.43. The van der Waals surface area contributed by atoms with Gasteiger partial charge in [-0.25, -0.2) is 0 Å². The Labute approximate surface area is 204 Å². The van der Waals surface area contributed by atoms with E-state index in [0.717, 1.165) is 23.3 Å². The molecule has 0 bridgehead atoms. The van der Waals surface area contributed by atoms with Crippen molar-refractivity contribution in [1.82, 2.24) is 4.98 Å². The number of aliphatic hydroxyl groups is 1. The number of hydrogen-bond acceptors (Lipinski definition) is 5. The van der Waals surface area contributed by atoms with E-state index in [2.05, 4.69) is 25.8 Å². The zero-order chi connectivity index (χ0) is 24.9. The topological polar surface area (TPSA) is 79.7 Å². The summed E-state index contributed by atoms with van der Waals surface area (Å²) in [5.41, 5.74) is 3.87. The van der Waals surface area contributed by atoms with Gasteiger partial charge in [0.15, 0.2) is 0 Å². The molecule has 2 aromatic carbocycles. The summed E-state index contributed by atoms with van der Waals surface area (Å²) in [5, 5.41) is 11.4. The number of aromatic nitrogens is 1. The zero-order valence-electron chi connectivity index (χ0n) is 20.3. The molecule has 2 aliphatic heterocycles. The lowest BCUT2D eigenvalue weighted by Crippen LogP contribution is -2.29. The summed E-state index contributed by atoms with van der Waals surface area (Å²) in [6.07, 6.45) is 4.01. The van der Waals surface area contributed by atoms with Crippen LogP contribution in [0.1, 0.15) is 56.0 Å². The number of carbonyl (C=O) groups excluding carboxylic acids is 2. The molecule has 0 radical (unpaired) electrons. The number of rotatable bonds is 3. The second-order valence-electron chi connectivity index (χ2n) is 10.2. The first kappa shape index (κ1) is 22.8. The molecule has 2 unspecified atom stereocenters. The highest BCUT2D eigenvalue weighted by atomic mass is 16.5. The molecule has 5 rings (SSSR count). The lowest BCUT2D eigenvalue weighted by molar-refractivity contribution is -0.132. The first-order valence-corrected chi connectivity index (χ1v) is 11.8. The normalized spacial score (nSPS) is 21.2. The molecule has 1 fully saturated rings. The van der Waals surface area contributed by atoms with E-state index >= 15 is 0 Å². The average molecular weight is 469 g/mol. The summed E-state index contributed by atoms with van der Waals surface area (Å²) in [6, 6.07) is 15.8. The molecule has 178 valence electrons. The number of carbonyl (C=O) groups is 2. The van der Waals surface area contributed by atoms with Gasteiger partial charge in [0.2, 0.25) is 0 Å². The minimum Gasteiger partial charge on any atom is -0.507 e. The molecule has 2 aliphatic rings. The van der Waals surface area contributed by atoms with E-state index in [-0.39, 0.29) is 22.9 Å². The van der Waals surface area contributed by atoms with Crippen molar-refractivity contribution in [2.24, 2.45) is 0 Å². The quantitative estimate of drug-likeness (QED) is 0.319. The molecule has 2 atom stereocenters. The summed E-state index contributed by atoms with van der Waals surface area (Å²) in [7, 11) is 0. The van der Waals surface area contributed by atoms with Crippen molar-refractivity contribution >= 4 is 23.1 Å². The van der Waals surface area contributed by atoms with Gasteiger partial charge in [-0.05, 0) is 71.5 Å². The Morgan fingerprint density at radius 2 is 1.71 bits per heavy atom. The fourth-order valence-electron chi connectivity index (χ4n) is 4.81. The molecule has 0 aliphatic carbocycles. The van der Waals surface area contributed by atoms with Crippen molar-refractivity contribution in [2.75, 3.05) is 4.90 Å². The Morgan fingerprint density at radius 1 is 1.03 bits per heavy atom. The highest BCUT2D eigenvalue weighted by Gasteiger charge is 2.47. The number of Topliss-reactive ketones (excluding diaryl/α,β-unsaturated/α-hetero) is 1. The first-order chi connectivity index (χ1) is 16.6. The second kappa shape index (κ2) is 8.38. The van der Waals surface area contributed by atoms with Gasteiger partial charge in [-0.15, -0.1) is 0 Å². The number of fused-ring (bicyclic) bond motifs is 1. The monoisotopic (exact) mass is 468 g/mol. The van der Waals surface area contributed by atoms with E-state index in [0.29, 0.717) is 16.8 Å². The van der Waals surface area contributed by atoms with E-state index in [4.69, 9.17) is 4.74 Å². The molecule has 0 saturated carbocycles. The van der Waals surface area contributed by atoms with Gasteiger partial charge in [0.1, 0.15) is 17.6 Å². The van der Waals surface area contributed by atoms with Gasteiger partial charge in [0.05, 0.1) is 11.6 Å². The molecule has 3 aromatic rings. The van der Waals surface area contributed by atoms with E-state index < -0.39 is 17.7 Å². The predicted octanol–water partition coefficient (Wildman–Crippen LogP) is 5.33. The first-order valence-electron chi connectivity index (χ1n) is 11.8. The van der Waals surface area contributed by atoms with Gasteiger partial charge in [-0.2, -0.15) is 0 Å². The minimum absolute atomic E-state index is 0.0496. The molecule has 6 heteroatoms. The van der Waals surface area contributed by atoms with Crippen molar-refractivity contribution in [2.45, 2.75) is 51.7 Å². The summed E-state index contributed by atoms with van der Waals surface area (Å²) in [4.78, 5) is 32.2. The van der Waals surface area contributed by atoms with Gasteiger partial charge < -0.3 is 9.84 Å². The molecular weight excluding hydrogens is 440 g/mol. The molecule has 1 N–H and O–H groups in total. The van der Waals surface area contributed by atoms with Crippen LogP contribution in [0.4, 0.5) is 5.69 Å². The van der Waals surface area contributed by atoms with Crippen LogP contribution in [-0.4, -0.2) is 27.9 Å². The van der Waals surface area contributed by atoms with Crippen LogP contribution in [0.3, 0.4) is 0 Å². The van der Waals surface area contributed by atoms with Crippen LogP contribution < -0.4 is 9.64 Å². The smallest absolute Gasteiger partial charge is 0.300 e. The fourth-order valence-corrected chi connectivity index (χ4v) is 4.81. The van der Waals surface area contributed by atoms with Crippen LogP contribution in [0.5, 0.6) is 5.75 Å². The number of amides is 1. The molecule has 6 nitrogen and oxygen atoms in total. The maximum atomic E-state index is 13.4. The van der Waals surface area contributed by atoms with Crippen molar-refractivity contribution in [1.29, 1.82) is 0 Å². The number of hydrogen-bond donors (Lipinski definition) is 1. The van der Waals surface area contributed by atoms with E-state index in [9.17, 15) is 14.7 Å². The summed E-state index contributed by atoms with van der Waals surface area (Å²) in [5.74, 6) is -0.801. The van der Waals surface area contributed by atoms with Crippen LogP contribution in [0, 0.1) is 0 Å². The van der Waals surface area contributed by atoms with E-state index in [1.807, 2.05) is 37.3 Å². The Balaban J connectivity index is 1.64. The Morgan fingerprint density at radius 3 is 2.37 bits per heavy atom. The van der Waals surface area contributed by atoms with E-state index in [1.54, 1.807) is 36.7 Å². The van der Waals surface area contributed by atoms with Gasteiger partial charge in [0, 0.05) is 30.1 Å². The van der Waals surface area contributed by atoms with Gasteiger partial charge in [-0.1, -0.05) is 32.9 Å².